The second-order valence-corrected chi connectivity index (χ2v) is 6.00. The molecule has 108 valence electrons. The van der Waals surface area contributed by atoms with Crippen LogP contribution in [-0.2, 0) is 10.0 Å². The molecule has 1 heterocycles. The minimum Gasteiger partial charge on any atom is -0.345 e. The molecule has 0 aliphatic rings. The van der Waals surface area contributed by atoms with Gasteiger partial charge in [-0.2, -0.15) is 0 Å². The van der Waals surface area contributed by atoms with Crippen LogP contribution in [0.15, 0.2) is 47.6 Å². The van der Waals surface area contributed by atoms with Crippen molar-refractivity contribution < 1.29 is 17.2 Å². The number of benzene rings is 2. The van der Waals surface area contributed by atoms with Crippen LogP contribution in [0.4, 0.5) is 14.5 Å². The number of imidazole rings is 1. The third-order valence-corrected chi connectivity index (χ3v) is 4.19. The Morgan fingerprint density at radius 2 is 1.81 bits per heavy atom. The number of aromatic amines is 1. The summed E-state index contributed by atoms with van der Waals surface area (Å²) < 4.78 is 53.0. The van der Waals surface area contributed by atoms with Crippen molar-refractivity contribution in [3.8, 4) is 0 Å². The number of aromatic nitrogens is 2. The second kappa shape index (κ2) is 4.81. The minimum atomic E-state index is -4.11. The van der Waals surface area contributed by atoms with Gasteiger partial charge in [-0.25, -0.2) is 22.2 Å². The first-order valence-electron chi connectivity index (χ1n) is 5.87. The van der Waals surface area contributed by atoms with E-state index in [1.807, 2.05) is 0 Å². The Balaban J connectivity index is 2.05. The van der Waals surface area contributed by atoms with Crippen molar-refractivity contribution in [2.75, 3.05) is 4.72 Å². The Labute approximate surface area is 118 Å². The van der Waals surface area contributed by atoms with E-state index in [1.54, 1.807) is 12.1 Å². The second-order valence-electron chi connectivity index (χ2n) is 4.31. The van der Waals surface area contributed by atoms with Gasteiger partial charge < -0.3 is 4.98 Å². The highest BCUT2D eigenvalue weighted by molar-refractivity contribution is 7.92. The summed E-state index contributed by atoms with van der Waals surface area (Å²) >= 11 is 0. The molecule has 2 N–H and O–H groups in total. The number of sulfonamides is 1. The molecule has 0 amide bonds. The van der Waals surface area contributed by atoms with E-state index in [0.717, 1.165) is 12.1 Å². The van der Waals surface area contributed by atoms with E-state index in [0.29, 0.717) is 17.1 Å². The molecule has 0 saturated carbocycles. The lowest BCUT2D eigenvalue weighted by molar-refractivity contribution is 0.568. The number of anilines is 1. The first kappa shape index (κ1) is 13.5. The Kier molecular flexibility index (Phi) is 3.09. The fourth-order valence-corrected chi connectivity index (χ4v) is 3.04. The van der Waals surface area contributed by atoms with E-state index >= 15 is 0 Å². The molecule has 0 bridgehead atoms. The number of hydrogen-bond acceptors (Lipinski definition) is 3. The largest absolute Gasteiger partial charge is 0.345 e. The summed E-state index contributed by atoms with van der Waals surface area (Å²) in [5.74, 6) is -1.93. The average molecular weight is 309 g/mol. The molecule has 0 aliphatic carbocycles. The van der Waals surface area contributed by atoms with Crippen molar-refractivity contribution in [3.63, 3.8) is 0 Å². The predicted molar refractivity (Wildman–Crippen MR) is 73.3 cm³/mol. The van der Waals surface area contributed by atoms with Crippen molar-refractivity contribution in [3.05, 3.63) is 54.4 Å². The number of fused-ring (bicyclic) bond motifs is 1. The lowest BCUT2D eigenvalue weighted by atomic mass is 10.3. The molecule has 3 rings (SSSR count). The van der Waals surface area contributed by atoms with Gasteiger partial charge in [0.1, 0.15) is 17.2 Å². The molecule has 0 saturated heterocycles. The predicted octanol–water partition coefficient (Wildman–Crippen LogP) is 2.64. The molecule has 5 nitrogen and oxygen atoms in total. The molecule has 2 aromatic carbocycles. The van der Waals surface area contributed by atoms with Gasteiger partial charge in [0.15, 0.2) is 0 Å². The molecule has 0 unspecified atom stereocenters. The number of nitrogens with one attached hydrogen (secondary N) is 2. The zero-order valence-corrected chi connectivity index (χ0v) is 11.3. The van der Waals surface area contributed by atoms with Crippen molar-refractivity contribution in [2.24, 2.45) is 0 Å². The molecule has 0 aliphatic heterocycles. The Bertz CT molecular complexity index is 902. The van der Waals surface area contributed by atoms with Gasteiger partial charge in [0.2, 0.25) is 0 Å². The van der Waals surface area contributed by atoms with Gasteiger partial charge in [0.25, 0.3) is 10.0 Å². The smallest absolute Gasteiger partial charge is 0.262 e. The summed E-state index contributed by atoms with van der Waals surface area (Å²) in [5, 5.41) is 0. The van der Waals surface area contributed by atoms with Crippen molar-refractivity contribution in [1.82, 2.24) is 9.97 Å². The number of hydrogen-bond donors (Lipinski definition) is 2. The molecular weight excluding hydrogens is 300 g/mol. The fraction of sp³-hybridized carbons (Fsp3) is 0. The highest BCUT2D eigenvalue weighted by Gasteiger charge is 2.18. The maximum Gasteiger partial charge on any atom is 0.262 e. The van der Waals surface area contributed by atoms with Crippen LogP contribution in [0.5, 0.6) is 0 Å². The van der Waals surface area contributed by atoms with Crippen LogP contribution in [0.3, 0.4) is 0 Å². The molecule has 0 spiro atoms. The zero-order valence-electron chi connectivity index (χ0n) is 10.5. The summed E-state index contributed by atoms with van der Waals surface area (Å²) in [5.41, 5.74) is 1.27. The van der Waals surface area contributed by atoms with Crippen LogP contribution in [0.2, 0.25) is 0 Å². The molecule has 1 aromatic heterocycles. The monoisotopic (exact) mass is 309 g/mol. The standard InChI is InChI=1S/C13H9F2N3O2S/c14-8-4-9(15)6-10(5-8)21(19,20)18-12-3-1-2-11-13(12)17-7-16-11/h1-7,18H,(H,16,17). The van der Waals surface area contributed by atoms with Crippen LogP contribution < -0.4 is 4.72 Å². The first-order chi connectivity index (χ1) is 9.95. The number of halogens is 2. The average Bonchev–Trinajstić information content (AvgIpc) is 2.86. The molecule has 21 heavy (non-hydrogen) atoms. The highest BCUT2D eigenvalue weighted by atomic mass is 32.2. The Morgan fingerprint density at radius 3 is 2.52 bits per heavy atom. The number of rotatable bonds is 3. The van der Waals surface area contributed by atoms with Gasteiger partial charge in [0, 0.05) is 6.07 Å². The summed E-state index contributed by atoms with van der Waals surface area (Å²) in [6, 6.07) is 6.96. The SMILES string of the molecule is O=S(=O)(Nc1cccc2[nH]cnc12)c1cc(F)cc(F)c1. The Hall–Kier alpha value is -2.48. The lowest BCUT2D eigenvalue weighted by Crippen LogP contribution is -2.13. The van der Waals surface area contributed by atoms with Crippen molar-refractivity contribution in [1.29, 1.82) is 0 Å². The van der Waals surface area contributed by atoms with Gasteiger partial charge in [-0.3, -0.25) is 4.72 Å². The number of nitrogens with zero attached hydrogens (tertiary/aromatic N) is 1. The molecule has 0 radical (unpaired) electrons. The summed E-state index contributed by atoms with van der Waals surface area (Å²) in [6.07, 6.45) is 1.42. The van der Waals surface area contributed by atoms with Crippen molar-refractivity contribution in [2.45, 2.75) is 4.90 Å². The highest BCUT2D eigenvalue weighted by Crippen LogP contribution is 2.23. The normalized spacial score (nSPS) is 11.7. The van der Waals surface area contributed by atoms with Gasteiger partial charge in [-0.1, -0.05) is 6.07 Å². The van der Waals surface area contributed by atoms with Gasteiger partial charge in [-0.15, -0.1) is 0 Å². The van der Waals surface area contributed by atoms with Crippen LogP contribution in [-0.4, -0.2) is 18.4 Å². The van der Waals surface area contributed by atoms with Gasteiger partial charge in [0.05, 0.1) is 22.4 Å². The van der Waals surface area contributed by atoms with E-state index in [9.17, 15) is 17.2 Å². The molecule has 8 heteroatoms. The third kappa shape index (κ3) is 2.57. The van der Waals surface area contributed by atoms with Gasteiger partial charge >= 0.3 is 0 Å². The quantitative estimate of drug-likeness (QED) is 0.781. The van der Waals surface area contributed by atoms with E-state index in [4.69, 9.17) is 0 Å². The van der Waals surface area contributed by atoms with Crippen molar-refractivity contribution >= 4 is 26.7 Å². The number of H-pyrrole nitrogens is 1. The maximum absolute atomic E-state index is 13.2. The zero-order chi connectivity index (χ0) is 15.0. The summed E-state index contributed by atoms with van der Waals surface area (Å²) in [6.45, 7) is 0. The summed E-state index contributed by atoms with van der Waals surface area (Å²) in [4.78, 5) is 6.35. The van der Waals surface area contributed by atoms with E-state index in [-0.39, 0.29) is 5.69 Å². The molecule has 0 atom stereocenters. The fourth-order valence-electron chi connectivity index (χ4n) is 1.94. The van der Waals surface area contributed by atoms with Crippen LogP contribution in [0.1, 0.15) is 0 Å². The first-order valence-corrected chi connectivity index (χ1v) is 7.35. The topological polar surface area (TPSA) is 74.8 Å². The van der Waals surface area contributed by atoms with E-state index < -0.39 is 26.6 Å². The maximum atomic E-state index is 13.2. The van der Waals surface area contributed by atoms with Crippen LogP contribution >= 0.6 is 0 Å². The molecule has 3 aromatic rings. The molecular formula is C13H9F2N3O2S. The minimum absolute atomic E-state index is 0.221. The molecule has 0 fully saturated rings. The van der Waals surface area contributed by atoms with Crippen LogP contribution in [0, 0.1) is 11.6 Å². The van der Waals surface area contributed by atoms with Gasteiger partial charge in [-0.05, 0) is 24.3 Å². The number of para-hydroxylation sites is 1. The lowest BCUT2D eigenvalue weighted by Gasteiger charge is -2.09. The van der Waals surface area contributed by atoms with Crippen LogP contribution in [0.25, 0.3) is 11.0 Å². The summed E-state index contributed by atoms with van der Waals surface area (Å²) in [7, 11) is -4.11. The third-order valence-electron chi connectivity index (χ3n) is 2.84. The Morgan fingerprint density at radius 1 is 1.10 bits per heavy atom. The van der Waals surface area contributed by atoms with E-state index in [1.165, 1.54) is 12.4 Å². The van der Waals surface area contributed by atoms with E-state index in [2.05, 4.69) is 14.7 Å².